The molecule has 382 valence electrons. The Bertz CT molecular complexity index is 3320. The van der Waals surface area contributed by atoms with Crippen molar-refractivity contribution in [3.8, 4) is 29.2 Å². The number of amidine groups is 1. The molecule has 8 aromatic heterocycles. The van der Waals surface area contributed by atoms with Gasteiger partial charge in [0.15, 0.2) is 11.6 Å². The lowest BCUT2D eigenvalue weighted by atomic mass is 10.2. The molecule has 0 aliphatic carbocycles. The van der Waals surface area contributed by atoms with Crippen LogP contribution in [0.4, 0.5) is 74.4 Å². The highest BCUT2D eigenvalue weighted by Crippen LogP contribution is 2.32. The van der Waals surface area contributed by atoms with E-state index in [1.54, 1.807) is 24.3 Å². The van der Waals surface area contributed by atoms with Gasteiger partial charge in [-0.3, -0.25) is 24.7 Å². The van der Waals surface area contributed by atoms with Gasteiger partial charge >= 0.3 is 30.6 Å². The number of rotatable bonds is 10. The molecule has 32 heteroatoms. The molecule has 0 bridgehead atoms. The Kier molecular flexibility index (Phi) is 18.8. The number of isothiocyanates is 1. The van der Waals surface area contributed by atoms with E-state index >= 15 is 0 Å². The van der Waals surface area contributed by atoms with E-state index in [2.05, 4.69) is 93.3 Å². The first-order valence-electron chi connectivity index (χ1n) is 19.9. The number of pyridine rings is 6. The lowest BCUT2D eigenvalue weighted by molar-refractivity contribution is -0.138. The SMILES string of the molecule is N#Cc1ccc(Nc2nnc(-c3ccc(C(F)(F)F)cn3)o2)cn1.N/C(=N/O)c1ccc(Nc2nnc(-c3ccc(C(F)(F)F)cn3)o2)cn1.NCC(=O)c1ccc(C(F)(F)F)cn1.[C-]#[N+]c1ccc(N=C=S)cn1. The summed E-state index contributed by atoms with van der Waals surface area (Å²) in [6.45, 7) is 6.35. The molecule has 0 aliphatic heterocycles. The number of aromatic nitrogens is 10. The fourth-order valence-corrected chi connectivity index (χ4v) is 5.08. The summed E-state index contributed by atoms with van der Waals surface area (Å²) < 4.78 is 122. The van der Waals surface area contributed by atoms with Gasteiger partial charge in [-0.05, 0) is 85.0 Å². The number of nitrogens with zero attached hydrogens (tertiary/aromatic N) is 14. The van der Waals surface area contributed by atoms with E-state index in [1.807, 2.05) is 6.07 Å². The van der Waals surface area contributed by atoms with E-state index < -0.39 is 41.0 Å². The van der Waals surface area contributed by atoms with Gasteiger partial charge in [0.1, 0.15) is 46.4 Å². The summed E-state index contributed by atoms with van der Waals surface area (Å²) in [6.07, 6.45) is -7.12. The number of Topliss-reactive ketones (excluding diaryl/α,β-unsaturated/α-hetero) is 1. The Labute approximate surface area is 418 Å². The summed E-state index contributed by atoms with van der Waals surface area (Å²) in [6, 6.07) is 17.1. The number of alkyl halides is 9. The average molecular weight is 1060 g/mol. The first-order chi connectivity index (χ1) is 35.6. The highest BCUT2D eigenvalue weighted by atomic mass is 32.1. The molecule has 7 N–H and O–H groups in total. The molecule has 22 nitrogen and oxygen atoms in total. The van der Waals surface area contributed by atoms with Crippen molar-refractivity contribution in [2.24, 2.45) is 21.6 Å². The molecular formula is C43H27F9N18O4S. The molecule has 0 fully saturated rings. The van der Waals surface area contributed by atoms with Crippen molar-refractivity contribution < 1.29 is 58.3 Å². The van der Waals surface area contributed by atoms with E-state index in [0.717, 1.165) is 36.4 Å². The number of hydrogen-bond donors (Lipinski definition) is 5. The van der Waals surface area contributed by atoms with Crippen molar-refractivity contribution in [3.05, 3.63) is 155 Å². The zero-order valence-corrected chi connectivity index (χ0v) is 37.8. The second kappa shape index (κ2) is 25.3. The molecule has 0 amide bonds. The third-order valence-corrected chi connectivity index (χ3v) is 8.66. The van der Waals surface area contributed by atoms with Gasteiger partial charge in [-0.15, -0.1) is 15.2 Å². The van der Waals surface area contributed by atoms with E-state index in [-0.39, 0.29) is 64.7 Å². The maximum Gasteiger partial charge on any atom is 0.417 e. The van der Waals surface area contributed by atoms with Crippen LogP contribution in [-0.2, 0) is 18.5 Å². The summed E-state index contributed by atoms with van der Waals surface area (Å²) in [4.78, 5) is 40.0. The molecule has 0 spiro atoms. The molecular weight excluding hydrogens is 1040 g/mol. The van der Waals surface area contributed by atoms with Crippen molar-refractivity contribution >= 4 is 63.9 Å². The fraction of sp³-hybridized carbons (Fsp3) is 0.0930. The Hall–Kier alpha value is -10.2. The monoisotopic (exact) mass is 1060 g/mol. The number of halogens is 9. The normalized spacial score (nSPS) is 11.1. The summed E-state index contributed by atoms with van der Waals surface area (Å²) in [5.41, 5.74) is 10.0. The van der Waals surface area contributed by atoms with Crippen molar-refractivity contribution in [1.29, 1.82) is 5.26 Å². The molecule has 75 heavy (non-hydrogen) atoms. The lowest BCUT2D eigenvalue weighted by Gasteiger charge is -2.05. The Morgan fingerprint density at radius 2 is 1.16 bits per heavy atom. The largest absolute Gasteiger partial charge is 0.417 e. The van der Waals surface area contributed by atoms with E-state index in [0.29, 0.717) is 41.5 Å². The van der Waals surface area contributed by atoms with Crippen LogP contribution in [0.15, 0.2) is 129 Å². The molecule has 8 heterocycles. The van der Waals surface area contributed by atoms with Crippen molar-refractivity contribution in [2.75, 3.05) is 17.2 Å². The van der Waals surface area contributed by atoms with Crippen molar-refractivity contribution in [2.45, 2.75) is 18.5 Å². The zero-order chi connectivity index (χ0) is 54.8. The number of nitrogens with two attached hydrogens (primary N) is 2. The minimum Gasteiger partial charge on any atom is -0.409 e. The third-order valence-electron chi connectivity index (χ3n) is 8.57. The summed E-state index contributed by atoms with van der Waals surface area (Å²) in [5, 5.41) is 42.7. The number of nitrogens with one attached hydrogen (secondary N) is 2. The predicted molar refractivity (Wildman–Crippen MR) is 245 cm³/mol. The van der Waals surface area contributed by atoms with Crippen LogP contribution < -0.4 is 22.1 Å². The molecule has 0 aliphatic rings. The number of thiocarbonyl (C=S) groups is 1. The van der Waals surface area contributed by atoms with Gasteiger partial charge in [-0.1, -0.05) is 21.9 Å². The van der Waals surface area contributed by atoms with Gasteiger partial charge in [0, 0.05) is 18.6 Å². The van der Waals surface area contributed by atoms with Crippen LogP contribution in [0.5, 0.6) is 0 Å². The molecule has 8 aromatic rings. The average Bonchev–Trinajstić information content (AvgIpc) is 4.09. The van der Waals surface area contributed by atoms with E-state index in [9.17, 15) is 44.3 Å². The molecule has 0 atom stereocenters. The number of anilines is 4. The van der Waals surface area contributed by atoms with Gasteiger partial charge in [0.2, 0.25) is 0 Å². The summed E-state index contributed by atoms with van der Waals surface area (Å²) in [7, 11) is 0. The molecule has 0 aromatic carbocycles. The van der Waals surface area contributed by atoms with Crippen molar-refractivity contribution in [1.82, 2.24) is 50.3 Å². The maximum absolute atomic E-state index is 12.5. The van der Waals surface area contributed by atoms with Crippen LogP contribution in [0.1, 0.15) is 38.6 Å². The molecule has 8 rings (SSSR count). The quantitative estimate of drug-likeness (QED) is 0.0124. The van der Waals surface area contributed by atoms with Gasteiger partial charge in [-0.2, -0.15) is 49.8 Å². The fourth-order valence-electron chi connectivity index (χ4n) is 4.98. The molecule has 0 saturated carbocycles. The van der Waals surface area contributed by atoms with Gasteiger partial charge < -0.3 is 41.0 Å². The Balaban J connectivity index is 0.000000195. The Morgan fingerprint density at radius 3 is 1.52 bits per heavy atom. The first kappa shape index (κ1) is 55.8. The molecule has 0 unspecified atom stereocenters. The summed E-state index contributed by atoms with van der Waals surface area (Å²) >= 11 is 4.39. The number of oxime groups is 1. The predicted octanol–water partition coefficient (Wildman–Crippen LogP) is 9.15. The van der Waals surface area contributed by atoms with Crippen LogP contribution in [0.25, 0.3) is 28.0 Å². The van der Waals surface area contributed by atoms with Gasteiger partial charge in [0.25, 0.3) is 17.6 Å². The molecule has 0 radical (unpaired) electrons. The van der Waals surface area contributed by atoms with Crippen LogP contribution in [0.2, 0.25) is 0 Å². The highest BCUT2D eigenvalue weighted by molar-refractivity contribution is 7.78. The van der Waals surface area contributed by atoms with Crippen LogP contribution in [-0.4, -0.2) is 78.8 Å². The van der Waals surface area contributed by atoms with Gasteiger partial charge in [-0.25, -0.2) is 4.98 Å². The number of carbonyl (C=O) groups is 1. The van der Waals surface area contributed by atoms with Crippen LogP contribution in [0.3, 0.4) is 0 Å². The lowest BCUT2D eigenvalue weighted by Crippen LogP contribution is -2.15. The second-order valence-corrected chi connectivity index (χ2v) is 13.8. The van der Waals surface area contributed by atoms with Crippen molar-refractivity contribution in [3.63, 3.8) is 0 Å². The number of aliphatic imine (C=N–C) groups is 1. The Morgan fingerprint density at radius 1 is 0.667 bits per heavy atom. The van der Waals surface area contributed by atoms with E-state index in [4.69, 9.17) is 37.3 Å². The molecule has 0 saturated heterocycles. The van der Waals surface area contributed by atoms with Gasteiger partial charge in [0.05, 0.1) is 52.2 Å². The van der Waals surface area contributed by atoms with Crippen LogP contribution in [0, 0.1) is 17.9 Å². The van der Waals surface area contributed by atoms with E-state index in [1.165, 1.54) is 30.7 Å². The highest BCUT2D eigenvalue weighted by Gasteiger charge is 2.32. The first-order valence-corrected chi connectivity index (χ1v) is 20.3. The number of carbonyl (C=O) groups excluding carboxylic acids is 1. The minimum absolute atomic E-state index is 0.0122. The number of hydrogen-bond acceptors (Lipinski definition) is 21. The number of ketones is 1. The topological polar surface area (TPSA) is 321 Å². The summed E-state index contributed by atoms with van der Waals surface area (Å²) in [5.74, 6) is -0.368. The standard InChI is InChI=1S/C14H10F3N7O2.C14H7F3N6O.C8H7F3N2O.C7H3N3S/c15-14(16,17)7-1-3-10(19-5-7)12-22-23-13(26-12)21-8-2-4-9(20-6-8)11(18)24-25;15-14(16,17)8-1-4-11(20-6-8)12-22-23-13(24-12)21-10-3-2-9(5-18)19-7-10;9-8(10,11)5-1-2-6(13-4-5)7(14)3-12;1-8-7-3-2-6(4-9-7)10-5-11/h1-6,25H,(H2,18,24)(H,21,23);1-4,6-7H,(H,21,23);1-2,4H,3,12H2;2-4H. The second-order valence-electron chi connectivity index (χ2n) is 13.6. The zero-order valence-electron chi connectivity index (χ0n) is 37.0. The minimum atomic E-state index is -4.48. The maximum atomic E-state index is 12.5. The smallest absolute Gasteiger partial charge is 0.409 e. The third kappa shape index (κ3) is 16.7. The van der Waals surface area contributed by atoms with Crippen LogP contribution >= 0.6 is 12.2 Å². The number of nitriles is 1.